The summed E-state index contributed by atoms with van der Waals surface area (Å²) in [4.78, 5) is 8.82. The van der Waals surface area contributed by atoms with Gasteiger partial charge in [0.15, 0.2) is 0 Å². The molecule has 0 atom stereocenters. The smallest absolute Gasteiger partial charge is 0.136 e. The van der Waals surface area contributed by atoms with Crippen LogP contribution < -0.4 is 5.73 Å². The molecule has 0 saturated carbocycles. The van der Waals surface area contributed by atoms with Gasteiger partial charge in [-0.1, -0.05) is 20.8 Å². The van der Waals surface area contributed by atoms with E-state index in [-0.39, 0.29) is 11.2 Å². The predicted octanol–water partition coefficient (Wildman–Crippen LogP) is 3.47. The second-order valence-electron chi connectivity index (χ2n) is 5.71. The highest BCUT2D eigenvalue weighted by atomic mass is 19.1. The van der Waals surface area contributed by atoms with Crippen molar-refractivity contribution in [3.8, 4) is 11.3 Å². The standard InChI is InChI=1S/C15H18FN3/c1-9-7-10(16)5-6-11(9)12-8-13(17)19-14(18-12)15(2,3)4/h5-8H,1-4H3,(H2,17,18,19). The SMILES string of the molecule is Cc1cc(F)ccc1-c1cc(N)nc(C(C)(C)C)n1. The average Bonchev–Trinajstić information content (AvgIpc) is 2.26. The first-order chi connectivity index (χ1) is 8.77. The molecule has 3 nitrogen and oxygen atoms in total. The van der Waals surface area contributed by atoms with E-state index >= 15 is 0 Å². The Balaban J connectivity index is 2.59. The molecule has 2 aromatic rings. The lowest BCUT2D eigenvalue weighted by Gasteiger charge is -2.18. The highest BCUT2D eigenvalue weighted by Crippen LogP contribution is 2.26. The number of anilines is 1. The maximum absolute atomic E-state index is 13.2. The number of halogens is 1. The fraction of sp³-hybridized carbons (Fsp3) is 0.333. The Labute approximate surface area is 112 Å². The van der Waals surface area contributed by atoms with E-state index < -0.39 is 0 Å². The van der Waals surface area contributed by atoms with Crippen molar-refractivity contribution in [3.63, 3.8) is 0 Å². The van der Waals surface area contributed by atoms with E-state index in [1.54, 1.807) is 12.1 Å². The lowest BCUT2D eigenvalue weighted by Crippen LogP contribution is -2.17. The van der Waals surface area contributed by atoms with Crippen LogP contribution in [-0.4, -0.2) is 9.97 Å². The summed E-state index contributed by atoms with van der Waals surface area (Å²) in [7, 11) is 0. The Morgan fingerprint density at radius 1 is 1.11 bits per heavy atom. The average molecular weight is 259 g/mol. The summed E-state index contributed by atoms with van der Waals surface area (Å²) in [6, 6.07) is 6.36. The van der Waals surface area contributed by atoms with Gasteiger partial charge in [0.25, 0.3) is 0 Å². The number of nitrogen functional groups attached to an aromatic ring is 1. The van der Waals surface area contributed by atoms with Crippen LogP contribution in [0.15, 0.2) is 24.3 Å². The van der Waals surface area contributed by atoms with Gasteiger partial charge in [-0.2, -0.15) is 0 Å². The van der Waals surface area contributed by atoms with E-state index in [0.29, 0.717) is 11.6 Å². The third-order valence-electron chi connectivity index (χ3n) is 2.88. The molecular formula is C15H18FN3. The zero-order chi connectivity index (χ0) is 14.2. The summed E-state index contributed by atoms with van der Waals surface area (Å²) in [6.45, 7) is 7.95. The summed E-state index contributed by atoms with van der Waals surface area (Å²) in [5.74, 6) is 0.865. The molecular weight excluding hydrogens is 241 g/mol. The molecule has 1 aromatic heterocycles. The number of nitrogens with zero attached hydrogens (tertiary/aromatic N) is 2. The summed E-state index contributed by atoms with van der Waals surface area (Å²) in [6.07, 6.45) is 0. The number of aryl methyl sites for hydroxylation is 1. The number of aromatic nitrogens is 2. The summed E-state index contributed by atoms with van der Waals surface area (Å²) in [5, 5.41) is 0. The Bertz CT molecular complexity index is 615. The molecule has 0 saturated heterocycles. The summed E-state index contributed by atoms with van der Waals surface area (Å²) < 4.78 is 13.2. The van der Waals surface area contributed by atoms with Crippen LogP contribution in [0.1, 0.15) is 32.2 Å². The molecule has 0 amide bonds. The molecule has 100 valence electrons. The van der Waals surface area contributed by atoms with Gasteiger partial charge in [0.05, 0.1) is 5.69 Å². The molecule has 1 aromatic carbocycles. The van der Waals surface area contributed by atoms with Crippen LogP contribution in [-0.2, 0) is 5.41 Å². The summed E-state index contributed by atoms with van der Waals surface area (Å²) in [5.41, 5.74) is 8.10. The maximum atomic E-state index is 13.2. The molecule has 0 fully saturated rings. The number of hydrogen-bond acceptors (Lipinski definition) is 3. The lowest BCUT2D eigenvalue weighted by atomic mass is 9.95. The van der Waals surface area contributed by atoms with Crippen LogP contribution in [0.2, 0.25) is 0 Å². The van der Waals surface area contributed by atoms with Gasteiger partial charge in [-0.15, -0.1) is 0 Å². The van der Waals surface area contributed by atoms with Crippen LogP contribution in [0.25, 0.3) is 11.3 Å². The summed E-state index contributed by atoms with van der Waals surface area (Å²) >= 11 is 0. The van der Waals surface area contributed by atoms with Crippen molar-refractivity contribution in [1.29, 1.82) is 0 Å². The van der Waals surface area contributed by atoms with Crippen molar-refractivity contribution < 1.29 is 4.39 Å². The first-order valence-electron chi connectivity index (χ1n) is 6.19. The predicted molar refractivity (Wildman–Crippen MR) is 75.3 cm³/mol. The topological polar surface area (TPSA) is 51.8 Å². The van der Waals surface area contributed by atoms with E-state index in [1.165, 1.54) is 12.1 Å². The fourth-order valence-corrected chi connectivity index (χ4v) is 1.85. The van der Waals surface area contributed by atoms with E-state index in [0.717, 1.165) is 16.8 Å². The Morgan fingerprint density at radius 2 is 1.79 bits per heavy atom. The molecule has 2 N–H and O–H groups in total. The van der Waals surface area contributed by atoms with Crippen molar-refractivity contribution in [3.05, 3.63) is 41.5 Å². The normalized spacial score (nSPS) is 11.6. The van der Waals surface area contributed by atoms with Gasteiger partial charge < -0.3 is 5.73 Å². The van der Waals surface area contributed by atoms with Crippen LogP contribution >= 0.6 is 0 Å². The second kappa shape index (κ2) is 4.61. The molecule has 0 radical (unpaired) electrons. The van der Waals surface area contributed by atoms with Crippen molar-refractivity contribution in [2.24, 2.45) is 0 Å². The van der Waals surface area contributed by atoms with Crippen LogP contribution in [0.5, 0.6) is 0 Å². The molecule has 0 aliphatic rings. The van der Waals surface area contributed by atoms with Gasteiger partial charge in [0.1, 0.15) is 17.5 Å². The molecule has 2 rings (SSSR count). The lowest BCUT2D eigenvalue weighted by molar-refractivity contribution is 0.547. The fourth-order valence-electron chi connectivity index (χ4n) is 1.85. The Kier molecular flexibility index (Phi) is 3.27. The van der Waals surface area contributed by atoms with Gasteiger partial charge >= 0.3 is 0 Å². The largest absolute Gasteiger partial charge is 0.384 e. The van der Waals surface area contributed by atoms with Gasteiger partial charge in [0, 0.05) is 17.0 Å². The van der Waals surface area contributed by atoms with Crippen molar-refractivity contribution in [2.45, 2.75) is 33.1 Å². The van der Waals surface area contributed by atoms with Crippen molar-refractivity contribution in [1.82, 2.24) is 9.97 Å². The van der Waals surface area contributed by atoms with Crippen molar-refractivity contribution in [2.75, 3.05) is 5.73 Å². The van der Waals surface area contributed by atoms with Crippen LogP contribution in [0.3, 0.4) is 0 Å². The van der Waals surface area contributed by atoms with Gasteiger partial charge in [-0.3, -0.25) is 0 Å². The third kappa shape index (κ3) is 2.89. The molecule has 4 heteroatoms. The van der Waals surface area contributed by atoms with Crippen LogP contribution in [0, 0.1) is 12.7 Å². The van der Waals surface area contributed by atoms with E-state index in [2.05, 4.69) is 9.97 Å². The first kappa shape index (κ1) is 13.5. The zero-order valence-electron chi connectivity index (χ0n) is 11.7. The Hall–Kier alpha value is -1.97. The third-order valence-corrected chi connectivity index (χ3v) is 2.88. The monoisotopic (exact) mass is 259 g/mol. The van der Waals surface area contributed by atoms with Crippen molar-refractivity contribution >= 4 is 5.82 Å². The van der Waals surface area contributed by atoms with Crippen LogP contribution in [0.4, 0.5) is 10.2 Å². The molecule has 0 aliphatic carbocycles. The molecule has 1 heterocycles. The molecule has 0 unspecified atom stereocenters. The van der Waals surface area contributed by atoms with E-state index in [1.807, 2.05) is 27.7 Å². The highest BCUT2D eigenvalue weighted by Gasteiger charge is 2.19. The molecule has 0 bridgehead atoms. The number of benzene rings is 1. The quantitative estimate of drug-likeness (QED) is 0.853. The zero-order valence-corrected chi connectivity index (χ0v) is 11.7. The van der Waals surface area contributed by atoms with Gasteiger partial charge in [0.2, 0.25) is 0 Å². The van der Waals surface area contributed by atoms with Gasteiger partial charge in [-0.25, -0.2) is 14.4 Å². The van der Waals surface area contributed by atoms with E-state index in [4.69, 9.17) is 5.73 Å². The minimum atomic E-state index is -0.251. The molecule has 19 heavy (non-hydrogen) atoms. The first-order valence-corrected chi connectivity index (χ1v) is 6.19. The Morgan fingerprint density at radius 3 is 2.37 bits per heavy atom. The molecule has 0 spiro atoms. The minimum absolute atomic E-state index is 0.182. The number of hydrogen-bond donors (Lipinski definition) is 1. The number of rotatable bonds is 1. The maximum Gasteiger partial charge on any atom is 0.136 e. The van der Waals surface area contributed by atoms with E-state index in [9.17, 15) is 4.39 Å². The number of nitrogens with two attached hydrogens (primary N) is 1. The molecule has 0 aliphatic heterocycles. The van der Waals surface area contributed by atoms with Gasteiger partial charge in [-0.05, 0) is 30.7 Å². The second-order valence-corrected chi connectivity index (χ2v) is 5.71. The minimum Gasteiger partial charge on any atom is -0.384 e. The highest BCUT2D eigenvalue weighted by molar-refractivity contribution is 5.65.